The molecule has 1 spiro atoms. The fourth-order valence-electron chi connectivity index (χ4n) is 7.32. The number of benzene rings is 2. The van der Waals surface area contributed by atoms with Crippen molar-refractivity contribution in [3.8, 4) is 0 Å². The molecule has 7 nitrogen and oxygen atoms in total. The molecule has 9 heteroatoms. The molecular weight excluding hydrogens is 570 g/mol. The molecule has 2 aromatic carbocycles. The van der Waals surface area contributed by atoms with Gasteiger partial charge < -0.3 is 19.8 Å². The van der Waals surface area contributed by atoms with Crippen LogP contribution in [0.3, 0.4) is 0 Å². The van der Waals surface area contributed by atoms with Gasteiger partial charge in [0.1, 0.15) is 6.04 Å². The number of likely N-dealkylation sites (N-methyl/N-ethyl adjacent to an activating group) is 1. The minimum absolute atomic E-state index is 0.115. The number of rotatable bonds is 11. The topological polar surface area (TPSA) is 81.2 Å². The number of halogens is 1. The van der Waals surface area contributed by atoms with Crippen LogP contribution in [0, 0.1) is 11.8 Å². The van der Waals surface area contributed by atoms with E-state index in [4.69, 9.17) is 11.6 Å². The maximum Gasteiger partial charge on any atom is 0.251 e. The molecule has 1 N–H and O–H groups in total. The molecule has 42 heavy (non-hydrogen) atoms. The predicted molar refractivity (Wildman–Crippen MR) is 168 cm³/mol. The SMILES string of the molecule is C=CCN(C)C(=O)[C@@H]1[C@H]2C(=O)N([C@@H](CO)Cc3ccccc3)C(C(=O)N(CC=C)c3ccccc3Cl)C23CC[C@@]1(C)S3. The predicted octanol–water partition coefficient (Wildman–Crippen LogP) is 4.59. The van der Waals surface area contributed by atoms with Gasteiger partial charge in [-0.15, -0.1) is 24.9 Å². The summed E-state index contributed by atoms with van der Waals surface area (Å²) in [7, 11) is 1.73. The van der Waals surface area contributed by atoms with Gasteiger partial charge in [0.15, 0.2) is 0 Å². The van der Waals surface area contributed by atoms with E-state index in [0.717, 1.165) is 5.56 Å². The van der Waals surface area contributed by atoms with E-state index in [0.29, 0.717) is 36.5 Å². The molecule has 3 aliphatic rings. The van der Waals surface area contributed by atoms with Gasteiger partial charge in [0.2, 0.25) is 11.8 Å². The van der Waals surface area contributed by atoms with Crippen LogP contribution in [0.2, 0.25) is 5.02 Å². The highest BCUT2D eigenvalue weighted by atomic mass is 35.5. The summed E-state index contributed by atoms with van der Waals surface area (Å²) in [5, 5.41) is 11.1. The van der Waals surface area contributed by atoms with E-state index < -0.39 is 33.4 Å². The Bertz CT molecular complexity index is 1390. The highest BCUT2D eigenvalue weighted by Gasteiger charge is 2.78. The fourth-order valence-corrected chi connectivity index (χ4v) is 9.89. The van der Waals surface area contributed by atoms with E-state index in [1.165, 1.54) is 0 Å². The molecule has 6 atom stereocenters. The van der Waals surface area contributed by atoms with Crippen molar-refractivity contribution in [2.75, 3.05) is 31.6 Å². The van der Waals surface area contributed by atoms with E-state index in [1.54, 1.807) is 63.9 Å². The molecule has 3 fully saturated rings. The minimum atomic E-state index is -0.901. The minimum Gasteiger partial charge on any atom is -0.394 e. The summed E-state index contributed by atoms with van der Waals surface area (Å²) in [4.78, 5) is 48.3. The van der Waals surface area contributed by atoms with Crippen molar-refractivity contribution in [3.63, 3.8) is 0 Å². The lowest BCUT2D eigenvalue weighted by atomic mass is 9.66. The highest BCUT2D eigenvalue weighted by Crippen LogP contribution is 2.72. The number of aliphatic hydroxyl groups excluding tert-OH is 1. The Labute approximate surface area is 257 Å². The van der Waals surface area contributed by atoms with Gasteiger partial charge in [-0.05, 0) is 43.9 Å². The van der Waals surface area contributed by atoms with Crippen LogP contribution in [0.15, 0.2) is 79.9 Å². The second-order valence-electron chi connectivity index (χ2n) is 11.7. The fraction of sp³-hybridized carbons (Fsp3) is 0.424. The van der Waals surface area contributed by atoms with Crippen molar-refractivity contribution in [1.29, 1.82) is 0 Å². The van der Waals surface area contributed by atoms with E-state index >= 15 is 0 Å². The number of nitrogens with zero attached hydrogens (tertiary/aromatic N) is 3. The zero-order valence-corrected chi connectivity index (χ0v) is 25.7. The summed E-state index contributed by atoms with van der Waals surface area (Å²) in [6.07, 6.45) is 5.00. The Balaban J connectivity index is 1.64. The molecule has 0 saturated carbocycles. The first-order valence-electron chi connectivity index (χ1n) is 14.3. The van der Waals surface area contributed by atoms with Gasteiger partial charge in [-0.1, -0.05) is 66.2 Å². The summed E-state index contributed by atoms with van der Waals surface area (Å²) in [5.74, 6) is -1.94. The second kappa shape index (κ2) is 11.9. The molecule has 2 unspecified atom stereocenters. The number of hydrogen-bond donors (Lipinski definition) is 1. The average molecular weight is 608 g/mol. The summed E-state index contributed by atoms with van der Waals surface area (Å²) in [5.41, 5.74) is 1.48. The first-order valence-corrected chi connectivity index (χ1v) is 15.5. The van der Waals surface area contributed by atoms with Gasteiger partial charge in [0.25, 0.3) is 5.91 Å². The number of thioether (sulfide) groups is 1. The van der Waals surface area contributed by atoms with Crippen LogP contribution in [0.5, 0.6) is 0 Å². The maximum atomic E-state index is 14.9. The van der Waals surface area contributed by atoms with Crippen LogP contribution in [0.25, 0.3) is 0 Å². The van der Waals surface area contributed by atoms with E-state index in [9.17, 15) is 19.5 Å². The van der Waals surface area contributed by atoms with Crippen molar-refractivity contribution in [3.05, 3.63) is 90.5 Å². The Morgan fingerprint density at radius 3 is 2.40 bits per heavy atom. The molecule has 2 bridgehead atoms. The third-order valence-corrected chi connectivity index (χ3v) is 11.4. The molecule has 3 heterocycles. The van der Waals surface area contributed by atoms with Gasteiger partial charge in [0, 0.05) is 24.9 Å². The number of hydrogen-bond acceptors (Lipinski definition) is 5. The smallest absolute Gasteiger partial charge is 0.251 e. The number of amides is 3. The molecule has 0 radical (unpaired) electrons. The Morgan fingerprint density at radius 1 is 1.10 bits per heavy atom. The lowest BCUT2D eigenvalue weighted by Gasteiger charge is -2.40. The summed E-state index contributed by atoms with van der Waals surface area (Å²) in [6.45, 7) is 9.94. The lowest BCUT2D eigenvalue weighted by Crippen LogP contribution is -2.58. The molecular formula is C33H38ClN3O4S. The monoisotopic (exact) mass is 607 g/mol. The number of carbonyl (C=O) groups is 3. The largest absolute Gasteiger partial charge is 0.394 e. The van der Waals surface area contributed by atoms with E-state index in [2.05, 4.69) is 20.1 Å². The third kappa shape index (κ3) is 4.87. The molecule has 2 aromatic rings. The number of carbonyl (C=O) groups excluding carboxylic acids is 3. The Kier molecular flexibility index (Phi) is 8.61. The summed E-state index contributed by atoms with van der Waals surface area (Å²) >= 11 is 8.21. The molecule has 5 rings (SSSR count). The van der Waals surface area contributed by atoms with Crippen molar-refractivity contribution in [1.82, 2.24) is 9.80 Å². The number of para-hydroxylation sites is 1. The highest BCUT2D eigenvalue weighted by molar-refractivity contribution is 8.02. The van der Waals surface area contributed by atoms with Gasteiger partial charge in [0.05, 0.1) is 39.9 Å². The number of likely N-dealkylation sites (tertiary alicyclic amines) is 1. The van der Waals surface area contributed by atoms with Crippen LogP contribution in [-0.2, 0) is 20.8 Å². The van der Waals surface area contributed by atoms with Crippen molar-refractivity contribution in [2.45, 2.75) is 47.8 Å². The number of anilines is 1. The zero-order chi connectivity index (χ0) is 30.2. The van der Waals surface area contributed by atoms with Crippen LogP contribution >= 0.6 is 23.4 Å². The number of aliphatic hydroxyl groups is 1. The molecule has 0 aliphatic carbocycles. The molecule has 3 saturated heterocycles. The zero-order valence-electron chi connectivity index (χ0n) is 24.1. The Hall–Kier alpha value is -3.07. The molecule has 222 valence electrons. The molecule has 3 amide bonds. The van der Waals surface area contributed by atoms with Crippen molar-refractivity contribution in [2.24, 2.45) is 11.8 Å². The quantitative estimate of drug-likeness (QED) is 0.378. The average Bonchev–Trinajstić information content (AvgIpc) is 3.55. The van der Waals surface area contributed by atoms with Gasteiger partial charge in [-0.3, -0.25) is 14.4 Å². The number of fused-ring (bicyclic) bond motifs is 1. The standard InChI is InChI=1S/C33H38ClN3O4S/c1-5-18-35(4)29(39)26-27-30(40)37(23(21-38)20-22-12-8-7-9-13-22)28(33(27)17-16-32(26,3)42-33)31(41)36(19-6-2)25-15-11-10-14-24(25)34/h5-15,23,26-28,38H,1-2,16-21H2,3-4H3/t23-,26+,27+,28?,32-,33?/m1/s1. The second-order valence-corrected chi connectivity index (χ2v) is 14.0. The van der Waals surface area contributed by atoms with Gasteiger partial charge in [-0.25, -0.2) is 0 Å². The first-order chi connectivity index (χ1) is 20.1. The third-order valence-electron chi connectivity index (χ3n) is 9.13. The maximum absolute atomic E-state index is 14.9. The molecule has 3 aliphatic heterocycles. The van der Waals surface area contributed by atoms with Crippen molar-refractivity contribution >= 4 is 46.8 Å². The van der Waals surface area contributed by atoms with E-state index in [-0.39, 0.29) is 30.9 Å². The van der Waals surface area contributed by atoms with Crippen LogP contribution in [0.1, 0.15) is 25.3 Å². The van der Waals surface area contributed by atoms with Crippen LogP contribution < -0.4 is 4.90 Å². The Morgan fingerprint density at radius 2 is 1.76 bits per heavy atom. The van der Waals surface area contributed by atoms with Crippen molar-refractivity contribution < 1.29 is 19.5 Å². The first kappa shape index (κ1) is 30.4. The normalized spacial score (nSPS) is 28.3. The van der Waals surface area contributed by atoms with E-state index in [1.807, 2.05) is 36.4 Å². The van der Waals surface area contributed by atoms with Crippen LogP contribution in [0.4, 0.5) is 5.69 Å². The lowest BCUT2D eigenvalue weighted by molar-refractivity contribution is -0.145. The molecule has 0 aromatic heterocycles. The van der Waals surface area contributed by atoms with Crippen LogP contribution in [-0.4, -0.2) is 80.9 Å². The summed E-state index contributed by atoms with van der Waals surface area (Å²) < 4.78 is -1.33. The van der Waals surface area contributed by atoms with Gasteiger partial charge in [-0.2, -0.15) is 0 Å². The van der Waals surface area contributed by atoms with Gasteiger partial charge >= 0.3 is 0 Å². The summed E-state index contributed by atoms with van der Waals surface area (Å²) in [6, 6.07) is 15.2.